The van der Waals surface area contributed by atoms with E-state index in [1.807, 2.05) is 40.2 Å². The normalized spacial score (nSPS) is 15.4. The number of halogens is 4. The summed E-state index contributed by atoms with van der Waals surface area (Å²) in [6.07, 6.45) is -1.03. The van der Waals surface area contributed by atoms with E-state index in [0.717, 1.165) is 59.0 Å². The maximum Gasteiger partial charge on any atom is 0.490 e. The maximum absolute atomic E-state index is 12.6. The van der Waals surface area contributed by atoms with Gasteiger partial charge in [0.1, 0.15) is 0 Å². The van der Waals surface area contributed by atoms with Crippen LogP contribution in [0.3, 0.4) is 0 Å². The fourth-order valence-electron chi connectivity index (χ4n) is 5.08. The highest BCUT2D eigenvalue weighted by Crippen LogP contribution is 2.43. The molecule has 3 heterocycles. The number of hydrogen-bond acceptors (Lipinski definition) is 6. The summed E-state index contributed by atoms with van der Waals surface area (Å²) >= 11 is 6.68. The SMILES string of the molecule is Cc1cc(C)c(N2CCCc3c2nn(C)c3C(CCC(N)OC(=O)C(F)(F)F)c2cn(C)cn2)c(Cl)c1. The minimum atomic E-state index is -5.10. The van der Waals surface area contributed by atoms with Crippen molar-refractivity contribution in [2.24, 2.45) is 19.8 Å². The highest BCUT2D eigenvalue weighted by Gasteiger charge is 2.42. The molecule has 0 saturated heterocycles. The van der Waals surface area contributed by atoms with Gasteiger partial charge in [-0.1, -0.05) is 17.7 Å². The lowest BCUT2D eigenvalue weighted by Gasteiger charge is -2.30. The molecule has 3 aromatic rings. The number of esters is 1. The quantitative estimate of drug-likeness (QED) is 0.343. The smallest absolute Gasteiger partial charge is 0.440 e. The second kappa shape index (κ2) is 10.4. The Morgan fingerprint density at radius 2 is 1.97 bits per heavy atom. The summed E-state index contributed by atoms with van der Waals surface area (Å²) in [5.41, 5.74) is 11.4. The molecule has 12 heteroatoms. The third kappa shape index (κ3) is 5.62. The Morgan fingerprint density at radius 3 is 2.59 bits per heavy atom. The molecule has 2 unspecified atom stereocenters. The lowest BCUT2D eigenvalue weighted by atomic mass is 9.90. The zero-order chi connectivity index (χ0) is 27.1. The number of carbonyl (C=O) groups excluding carboxylic acids is 1. The topological polar surface area (TPSA) is 91.2 Å². The average Bonchev–Trinajstić information content (AvgIpc) is 3.36. The number of benzene rings is 1. The van der Waals surface area contributed by atoms with Crippen LogP contribution in [0.2, 0.25) is 5.02 Å². The summed E-state index contributed by atoms with van der Waals surface area (Å²) in [4.78, 5) is 17.9. The number of ether oxygens (including phenoxy) is 1. The second-order valence-electron chi connectivity index (χ2n) is 9.51. The molecular weight excluding hydrogens is 509 g/mol. The average molecular weight is 539 g/mol. The Morgan fingerprint density at radius 1 is 1.24 bits per heavy atom. The van der Waals surface area contributed by atoms with Crippen LogP contribution in [0.5, 0.6) is 0 Å². The van der Waals surface area contributed by atoms with Crippen molar-refractivity contribution in [3.63, 3.8) is 0 Å². The number of fused-ring (bicyclic) bond motifs is 1. The minimum absolute atomic E-state index is 0.00955. The van der Waals surface area contributed by atoms with Gasteiger partial charge in [0.25, 0.3) is 0 Å². The van der Waals surface area contributed by atoms with Crippen LogP contribution in [0, 0.1) is 13.8 Å². The third-order valence-corrected chi connectivity index (χ3v) is 6.83. The Balaban J connectivity index is 1.69. The first-order valence-corrected chi connectivity index (χ1v) is 12.4. The van der Waals surface area contributed by atoms with Crippen LogP contribution in [-0.2, 0) is 30.0 Å². The van der Waals surface area contributed by atoms with Crippen molar-refractivity contribution in [3.8, 4) is 0 Å². The van der Waals surface area contributed by atoms with Crippen LogP contribution in [0.25, 0.3) is 0 Å². The van der Waals surface area contributed by atoms with E-state index in [1.165, 1.54) is 0 Å². The molecule has 2 N–H and O–H groups in total. The minimum Gasteiger partial charge on any atom is -0.440 e. The predicted molar refractivity (Wildman–Crippen MR) is 134 cm³/mol. The van der Waals surface area contributed by atoms with Crippen LogP contribution >= 0.6 is 11.6 Å². The molecule has 0 amide bonds. The van der Waals surface area contributed by atoms with Crippen molar-refractivity contribution in [1.82, 2.24) is 19.3 Å². The first-order chi connectivity index (χ1) is 17.4. The molecular formula is C25H30ClF3N6O2. The van der Waals surface area contributed by atoms with E-state index in [9.17, 15) is 18.0 Å². The van der Waals surface area contributed by atoms with E-state index in [4.69, 9.17) is 22.4 Å². The number of hydrogen-bond donors (Lipinski definition) is 1. The molecule has 2 aromatic heterocycles. The number of nitrogens with two attached hydrogens (primary N) is 1. The van der Waals surface area contributed by atoms with Crippen LogP contribution < -0.4 is 10.6 Å². The summed E-state index contributed by atoms with van der Waals surface area (Å²) in [6, 6.07) is 4.02. The van der Waals surface area contributed by atoms with E-state index in [2.05, 4.69) is 20.7 Å². The van der Waals surface area contributed by atoms with Gasteiger partial charge in [-0.15, -0.1) is 0 Å². The molecule has 0 bridgehead atoms. The Kier molecular flexibility index (Phi) is 7.57. The predicted octanol–water partition coefficient (Wildman–Crippen LogP) is 4.81. The van der Waals surface area contributed by atoms with Gasteiger partial charge in [-0.05, 0) is 56.7 Å². The van der Waals surface area contributed by atoms with Gasteiger partial charge in [-0.3, -0.25) is 10.4 Å². The summed E-state index contributed by atoms with van der Waals surface area (Å²) in [5.74, 6) is -1.83. The number of alkyl halides is 3. The van der Waals surface area contributed by atoms with Crippen molar-refractivity contribution in [1.29, 1.82) is 0 Å². The van der Waals surface area contributed by atoms with Gasteiger partial charge in [0, 0.05) is 38.3 Å². The highest BCUT2D eigenvalue weighted by atomic mass is 35.5. The first-order valence-electron chi connectivity index (χ1n) is 12.0. The molecule has 1 aliphatic rings. The van der Waals surface area contributed by atoms with Gasteiger partial charge in [-0.2, -0.15) is 18.3 Å². The molecule has 0 fully saturated rings. The number of aryl methyl sites for hydroxylation is 4. The standard InChI is InChI=1S/C25H30ClF3N6O2/c1-14-10-15(2)21(18(26)11-14)35-9-5-6-17-22(34(4)32-23(17)35)16(19-12-33(3)13-31-19)7-8-20(30)37-24(36)25(27,28)29/h10-13,16,20H,5-9,30H2,1-4H3. The van der Waals surface area contributed by atoms with Gasteiger partial charge in [0.15, 0.2) is 12.0 Å². The molecule has 1 aliphatic heterocycles. The lowest BCUT2D eigenvalue weighted by molar-refractivity contribution is -0.204. The van der Waals surface area contributed by atoms with Crippen molar-refractivity contribution in [2.75, 3.05) is 11.4 Å². The van der Waals surface area contributed by atoms with Crippen LogP contribution in [-0.4, -0.2) is 44.2 Å². The van der Waals surface area contributed by atoms with Gasteiger partial charge in [-0.25, -0.2) is 9.78 Å². The zero-order valence-electron chi connectivity index (χ0n) is 21.1. The van der Waals surface area contributed by atoms with Crippen molar-refractivity contribution >= 4 is 29.1 Å². The van der Waals surface area contributed by atoms with Gasteiger partial charge in [0.05, 0.1) is 28.4 Å². The first kappa shape index (κ1) is 27.0. The van der Waals surface area contributed by atoms with Crippen LogP contribution in [0.4, 0.5) is 24.7 Å². The monoisotopic (exact) mass is 538 g/mol. The highest BCUT2D eigenvalue weighted by molar-refractivity contribution is 6.33. The second-order valence-corrected chi connectivity index (χ2v) is 9.92. The molecule has 0 aliphatic carbocycles. The third-order valence-electron chi connectivity index (χ3n) is 6.55. The maximum atomic E-state index is 12.6. The molecule has 200 valence electrons. The summed E-state index contributed by atoms with van der Waals surface area (Å²) in [6.45, 7) is 4.77. The number of imidazole rings is 1. The fourth-order valence-corrected chi connectivity index (χ4v) is 5.50. The van der Waals surface area contributed by atoms with Gasteiger partial charge < -0.3 is 14.2 Å². The molecule has 0 saturated carbocycles. The molecule has 2 atom stereocenters. The zero-order valence-corrected chi connectivity index (χ0v) is 21.9. The Labute approximate surface area is 218 Å². The number of carbonyl (C=O) groups is 1. The molecule has 4 rings (SSSR count). The van der Waals surface area contributed by atoms with Crippen molar-refractivity contribution in [2.45, 2.75) is 57.9 Å². The van der Waals surface area contributed by atoms with Crippen molar-refractivity contribution < 1.29 is 22.7 Å². The molecule has 8 nitrogen and oxygen atoms in total. The largest absolute Gasteiger partial charge is 0.490 e. The molecule has 1 aromatic carbocycles. The number of nitrogens with zero attached hydrogens (tertiary/aromatic N) is 5. The van der Waals surface area contributed by atoms with E-state index in [-0.39, 0.29) is 12.3 Å². The van der Waals surface area contributed by atoms with Gasteiger partial charge >= 0.3 is 12.1 Å². The van der Waals surface area contributed by atoms with Crippen LogP contribution in [0.15, 0.2) is 24.7 Å². The van der Waals surface area contributed by atoms with Crippen LogP contribution in [0.1, 0.15) is 53.3 Å². The number of anilines is 2. The molecule has 0 spiro atoms. The van der Waals surface area contributed by atoms with E-state index in [0.29, 0.717) is 11.4 Å². The van der Waals surface area contributed by atoms with E-state index >= 15 is 0 Å². The van der Waals surface area contributed by atoms with E-state index < -0.39 is 18.4 Å². The summed E-state index contributed by atoms with van der Waals surface area (Å²) < 4.78 is 45.9. The van der Waals surface area contributed by atoms with Crippen molar-refractivity contribution in [3.05, 3.63) is 57.8 Å². The Bertz CT molecular complexity index is 1280. The number of aromatic nitrogens is 4. The summed E-state index contributed by atoms with van der Waals surface area (Å²) in [7, 11) is 3.68. The van der Waals surface area contributed by atoms with E-state index in [1.54, 1.807) is 15.6 Å². The molecule has 37 heavy (non-hydrogen) atoms. The Hall–Kier alpha value is -3.05. The fraction of sp³-hybridized carbons (Fsp3) is 0.480. The summed E-state index contributed by atoms with van der Waals surface area (Å²) in [5, 5.41) is 5.51. The number of rotatable bonds is 7. The molecule has 0 radical (unpaired) electrons. The van der Waals surface area contributed by atoms with Gasteiger partial charge in [0.2, 0.25) is 0 Å². The lowest BCUT2D eigenvalue weighted by Crippen LogP contribution is -2.35.